The highest BCUT2D eigenvalue weighted by Gasteiger charge is 2.14. The smallest absolute Gasteiger partial charge is 0.165 e. The Morgan fingerprint density at radius 1 is 1.60 bits per heavy atom. The molecule has 0 amide bonds. The second-order valence-corrected chi connectivity index (χ2v) is 3.66. The number of nitrogens with two attached hydrogens (primary N) is 1. The van der Waals surface area contributed by atoms with Crippen LogP contribution in [0.25, 0.3) is 0 Å². The fourth-order valence-electron chi connectivity index (χ4n) is 1.50. The normalized spacial score (nSPS) is 12.5. The topological polar surface area (TPSA) is 46.2 Å². The molecule has 0 aliphatic rings. The Hall–Kier alpha value is -1.35. The molecule has 82 valence electrons. The highest BCUT2D eigenvalue weighted by atomic mass is 19.1. The Morgan fingerprint density at radius 3 is 2.87 bits per heavy atom. The third-order valence-corrected chi connectivity index (χ3v) is 2.32. The quantitative estimate of drug-likeness (QED) is 0.749. The maximum absolute atomic E-state index is 13.2. The molecule has 1 atom stereocenters. The van der Waals surface area contributed by atoms with Gasteiger partial charge in [-0.3, -0.25) is 0 Å². The van der Waals surface area contributed by atoms with E-state index < -0.39 is 5.82 Å². The van der Waals surface area contributed by atoms with Crippen LogP contribution in [0.2, 0.25) is 0 Å². The summed E-state index contributed by atoms with van der Waals surface area (Å²) >= 11 is 0. The first-order valence-corrected chi connectivity index (χ1v) is 4.91. The van der Waals surface area contributed by atoms with E-state index in [0.717, 1.165) is 12.0 Å². The van der Waals surface area contributed by atoms with Crippen molar-refractivity contribution in [3.63, 3.8) is 0 Å². The lowest BCUT2D eigenvalue weighted by molar-refractivity contribution is 0.418. The molecule has 1 aromatic carbocycles. The second kappa shape index (κ2) is 4.94. The molecular weight excluding hydrogens is 193 g/mol. The van der Waals surface area contributed by atoms with Crippen molar-refractivity contribution in [1.29, 1.82) is 0 Å². The highest BCUT2D eigenvalue weighted by Crippen LogP contribution is 2.29. The van der Waals surface area contributed by atoms with E-state index in [9.17, 15) is 9.50 Å². The summed E-state index contributed by atoms with van der Waals surface area (Å²) in [6.45, 7) is 5.36. The van der Waals surface area contributed by atoms with E-state index >= 15 is 0 Å². The molecule has 3 N–H and O–H groups in total. The summed E-state index contributed by atoms with van der Waals surface area (Å²) < 4.78 is 13.2. The SMILES string of the molecule is C=CCC[C@@H](N)c1cc(C)cc(F)c1O. The van der Waals surface area contributed by atoms with Gasteiger partial charge in [0.15, 0.2) is 11.6 Å². The molecule has 0 spiro atoms. The van der Waals surface area contributed by atoms with Crippen LogP contribution in [0.1, 0.15) is 30.0 Å². The van der Waals surface area contributed by atoms with Crippen molar-refractivity contribution in [1.82, 2.24) is 0 Å². The van der Waals surface area contributed by atoms with E-state index in [-0.39, 0.29) is 11.8 Å². The van der Waals surface area contributed by atoms with E-state index in [0.29, 0.717) is 12.0 Å². The summed E-state index contributed by atoms with van der Waals surface area (Å²) in [4.78, 5) is 0. The molecule has 1 rings (SSSR count). The van der Waals surface area contributed by atoms with Gasteiger partial charge in [0.1, 0.15) is 0 Å². The van der Waals surface area contributed by atoms with Crippen LogP contribution in [0.4, 0.5) is 4.39 Å². The van der Waals surface area contributed by atoms with Gasteiger partial charge >= 0.3 is 0 Å². The minimum atomic E-state index is -0.612. The third kappa shape index (κ3) is 2.80. The predicted molar refractivity (Wildman–Crippen MR) is 59.2 cm³/mol. The molecule has 0 fully saturated rings. The summed E-state index contributed by atoms with van der Waals surface area (Å²) in [6, 6.07) is 2.66. The molecule has 0 saturated heterocycles. The van der Waals surface area contributed by atoms with Crippen LogP contribution >= 0.6 is 0 Å². The molecule has 1 aromatic rings. The molecule has 3 heteroatoms. The van der Waals surface area contributed by atoms with Crippen LogP contribution < -0.4 is 5.73 Å². The third-order valence-electron chi connectivity index (χ3n) is 2.32. The summed E-state index contributed by atoms with van der Waals surface area (Å²) in [5.74, 6) is -0.948. The zero-order valence-corrected chi connectivity index (χ0v) is 8.83. The molecule has 0 saturated carbocycles. The van der Waals surface area contributed by atoms with Gasteiger partial charge in [0.25, 0.3) is 0 Å². The summed E-state index contributed by atoms with van der Waals surface area (Å²) in [5, 5.41) is 9.51. The molecule has 0 radical (unpaired) electrons. The Bertz CT molecular complexity index is 363. The molecular formula is C12H16FNO. The van der Waals surface area contributed by atoms with Gasteiger partial charge in [-0.05, 0) is 31.4 Å². The summed E-state index contributed by atoms with van der Waals surface area (Å²) in [6.07, 6.45) is 3.15. The minimum Gasteiger partial charge on any atom is -0.505 e. The number of phenolic OH excluding ortho intramolecular Hbond substituents is 1. The number of rotatable bonds is 4. The van der Waals surface area contributed by atoms with Crippen molar-refractivity contribution in [2.45, 2.75) is 25.8 Å². The fourth-order valence-corrected chi connectivity index (χ4v) is 1.50. The van der Waals surface area contributed by atoms with Gasteiger partial charge in [0.2, 0.25) is 0 Å². The lowest BCUT2D eigenvalue weighted by Gasteiger charge is -2.14. The zero-order chi connectivity index (χ0) is 11.4. The van der Waals surface area contributed by atoms with Crippen molar-refractivity contribution >= 4 is 0 Å². The van der Waals surface area contributed by atoms with Gasteiger partial charge < -0.3 is 10.8 Å². The molecule has 0 aliphatic heterocycles. The van der Waals surface area contributed by atoms with Crippen LogP contribution in [0, 0.1) is 12.7 Å². The van der Waals surface area contributed by atoms with Crippen molar-refractivity contribution in [3.05, 3.63) is 41.7 Å². The molecule has 0 heterocycles. The van der Waals surface area contributed by atoms with Crippen LogP contribution in [-0.4, -0.2) is 5.11 Å². The van der Waals surface area contributed by atoms with E-state index in [1.165, 1.54) is 6.07 Å². The monoisotopic (exact) mass is 209 g/mol. The molecule has 0 aliphatic carbocycles. The Kier molecular flexibility index (Phi) is 3.86. The first-order valence-electron chi connectivity index (χ1n) is 4.91. The van der Waals surface area contributed by atoms with Crippen LogP contribution in [0.5, 0.6) is 5.75 Å². The number of phenols is 1. The number of benzene rings is 1. The number of halogens is 1. The van der Waals surface area contributed by atoms with E-state index in [1.807, 2.05) is 0 Å². The van der Waals surface area contributed by atoms with Gasteiger partial charge in [0, 0.05) is 11.6 Å². The van der Waals surface area contributed by atoms with Crippen LogP contribution in [0.15, 0.2) is 24.8 Å². The summed E-state index contributed by atoms with van der Waals surface area (Å²) in [7, 11) is 0. The standard InChI is InChI=1S/C12H16FNO/c1-3-4-5-11(14)9-6-8(2)7-10(13)12(9)15/h3,6-7,11,15H,1,4-5,14H2,2H3/t11-/m1/s1. The molecule has 0 bridgehead atoms. The maximum atomic E-state index is 13.2. The Balaban J connectivity index is 2.96. The average Bonchev–Trinajstić information content (AvgIpc) is 2.19. The second-order valence-electron chi connectivity index (χ2n) is 3.66. The number of allylic oxidation sites excluding steroid dienone is 1. The Morgan fingerprint density at radius 2 is 2.27 bits per heavy atom. The number of aromatic hydroxyl groups is 1. The van der Waals surface area contributed by atoms with Crippen molar-refractivity contribution in [3.8, 4) is 5.75 Å². The Labute approximate surface area is 89.2 Å². The first-order chi connectivity index (χ1) is 7.06. The minimum absolute atomic E-state index is 0.336. The molecule has 2 nitrogen and oxygen atoms in total. The van der Waals surface area contributed by atoms with Crippen molar-refractivity contribution in [2.24, 2.45) is 5.73 Å². The molecule has 0 aromatic heterocycles. The van der Waals surface area contributed by atoms with Gasteiger partial charge in [-0.1, -0.05) is 12.1 Å². The lowest BCUT2D eigenvalue weighted by Crippen LogP contribution is -2.10. The van der Waals surface area contributed by atoms with Gasteiger partial charge in [-0.25, -0.2) is 4.39 Å². The number of hydrogen-bond acceptors (Lipinski definition) is 2. The van der Waals surface area contributed by atoms with Crippen molar-refractivity contribution in [2.75, 3.05) is 0 Å². The van der Waals surface area contributed by atoms with Crippen LogP contribution in [-0.2, 0) is 0 Å². The predicted octanol–water partition coefficient (Wildman–Crippen LogP) is 2.81. The average molecular weight is 209 g/mol. The number of hydrogen-bond donors (Lipinski definition) is 2. The van der Waals surface area contributed by atoms with Gasteiger partial charge in [-0.15, -0.1) is 6.58 Å². The highest BCUT2D eigenvalue weighted by molar-refractivity contribution is 5.39. The van der Waals surface area contributed by atoms with Gasteiger partial charge in [-0.2, -0.15) is 0 Å². The molecule has 15 heavy (non-hydrogen) atoms. The van der Waals surface area contributed by atoms with Crippen molar-refractivity contribution < 1.29 is 9.50 Å². The lowest BCUT2D eigenvalue weighted by atomic mass is 9.99. The van der Waals surface area contributed by atoms with E-state index in [2.05, 4.69) is 6.58 Å². The fraction of sp³-hybridized carbons (Fsp3) is 0.333. The zero-order valence-electron chi connectivity index (χ0n) is 8.83. The molecule has 0 unspecified atom stereocenters. The van der Waals surface area contributed by atoms with E-state index in [4.69, 9.17) is 5.73 Å². The largest absolute Gasteiger partial charge is 0.505 e. The van der Waals surface area contributed by atoms with Crippen LogP contribution in [0.3, 0.4) is 0 Å². The number of aryl methyl sites for hydroxylation is 1. The van der Waals surface area contributed by atoms with Gasteiger partial charge in [0.05, 0.1) is 0 Å². The summed E-state index contributed by atoms with van der Waals surface area (Å²) in [5.41, 5.74) is 7.07. The first kappa shape index (κ1) is 11.7. The van der Waals surface area contributed by atoms with E-state index in [1.54, 1.807) is 19.1 Å². The maximum Gasteiger partial charge on any atom is 0.165 e.